The number of imide groups is 1. The molecule has 1 saturated heterocycles. The van der Waals surface area contributed by atoms with Crippen LogP contribution in [0.2, 0.25) is 0 Å². The van der Waals surface area contributed by atoms with Crippen LogP contribution >= 0.6 is 0 Å². The van der Waals surface area contributed by atoms with Gasteiger partial charge in [0.15, 0.2) is 11.5 Å². The van der Waals surface area contributed by atoms with E-state index in [1.165, 1.54) is 29.8 Å². The van der Waals surface area contributed by atoms with Gasteiger partial charge in [0, 0.05) is 31.0 Å². The van der Waals surface area contributed by atoms with Gasteiger partial charge in [-0.15, -0.1) is 0 Å². The van der Waals surface area contributed by atoms with Gasteiger partial charge in [0.25, 0.3) is 11.8 Å². The van der Waals surface area contributed by atoms with Crippen molar-refractivity contribution in [3.05, 3.63) is 53.7 Å². The Balaban J connectivity index is 1.68. The standard InChI is InChI=1S/C26H31N3O4/c1-4-14-29-25(30)23(18-8-13-21(32-2)22(17-18)33-3)24(26(29)31)27-19-9-11-20(12-10-19)28-15-6-5-7-16-28/h8-13,17,27H,4-7,14-16H2,1-3H3. The predicted molar refractivity (Wildman–Crippen MR) is 130 cm³/mol. The van der Waals surface area contributed by atoms with Gasteiger partial charge in [0.05, 0.1) is 19.8 Å². The number of amides is 2. The first-order valence-electron chi connectivity index (χ1n) is 11.5. The number of anilines is 2. The number of piperidine rings is 1. The first kappa shape index (κ1) is 22.7. The molecule has 0 spiro atoms. The fraction of sp³-hybridized carbons (Fsp3) is 0.385. The molecule has 1 N–H and O–H groups in total. The molecule has 0 unspecified atom stereocenters. The summed E-state index contributed by atoms with van der Waals surface area (Å²) in [6.45, 7) is 4.45. The summed E-state index contributed by atoms with van der Waals surface area (Å²) in [4.78, 5) is 30.1. The second kappa shape index (κ2) is 9.98. The van der Waals surface area contributed by atoms with E-state index in [1.54, 1.807) is 32.4 Å². The Kier molecular flexibility index (Phi) is 6.87. The molecule has 0 radical (unpaired) electrons. The van der Waals surface area contributed by atoms with Crippen LogP contribution in [0.5, 0.6) is 11.5 Å². The minimum absolute atomic E-state index is 0.284. The van der Waals surface area contributed by atoms with Crippen LogP contribution in [0.25, 0.3) is 5.57 Å². The summed E-state index contributed by atoms with van der Waals surface area (Å²) in [6.07, 6.45) is 4.40. The zero-order chi connectivity index (χ0) is 23.4. The normalized spacial score (nSPS) is 16.5. The monoisotopic (exact) mass is 449 g/mol. The van der Waals surface area contributed by atoms with E-state index in [1.807, 2.05) is 19.1 Å². The molecule has 174 valence electrons. The van der Waals surface area contributed by atoms with Gasteiger partial charge in [0.1, 0.15) is 5.70 Å². The molecule has 1 fully saturated rings. The van der Waals surface area contributed by atoms with Crippen LogP contribution in [0, 0.1) is 0 Å². The molecule has 4 rings (SSSR count). The second-order valence-corrected chi connectivity index (χ2v) is 8.30. The third kappa shape index (κ3) is 4.53. The van der Waals surface area contributed by atoms with Crippen molar-refractivity contribution in [2.45, 2.75) is 32.6 Å². The van der Waals surface area contributed by atoms with Gasteiger partial charge in [-0.2, -0.15) is 0 Å². The summed E-state index contributed by atoms with van der Waals surface area (Å²) >= 11 is 0. The number of carbonyl (C=O) groups excluding carboxylic acids is 2. The maximum Gasteiger partial charge on any atom is 0.278 e. The van der Waals surface area contributed by atoms with Gasteiger partial charge in [0.2, 0.25) is 0 Å². The number of ether oxygens (including phenoxy) is 2. The van der Waals surface area contributed by atoms with Crippen molar-refractivity contribution >= 4 is 28.8 Å². The minimum atomic E-state index is -0.313. The molecule has 2 aromatic rings. The second-order valence-electron chi connectivity index (χ2n) is 8.30. The lowest BCUT2D eigenvalue weighted by molar-refractivity contribution is -0.136. The van der Waals surface area contributed by atoms with E-state index in [0.717, 1.165) is 18.8 Å². The summed E-state index contributed by atoms with van der Waals surface area (Å²) < 4.78 is 10.7. The maximum absolute atomic E-state index is 13.3. The molecule has 7 heteroatoms. The summed E-state index contributed by atoms with van der Waals surface area (Å²) in [6, 6.07) is 13.3. The number of hydrogen-bond acceptors (Lipinski definition) is 6. The average molecular weight is 450 g/mol. The molecule has 2 aromatic carbocycles. The Morgan fingerprint density at radius 1 is 0.879 bits per heavy atom. The predicted octanol–water partition coefficient (Wildman–Crippen LogP) is 4.30. The van der Waals surface area contributed by atoms with E-state index in [0.29, 0.717) is 35.6 Å². The van der Waals surface area contributed by atoms with Crippen molar-refractivity contribution in [2.24, 2.45) is 0 Å². The van der Waals surface area contributed by atoms with E-state index >= 15 is 0 Å². The Bertz CT molecular complexity index is 1060. The van der Waals surface area contributed by atoms with Gasteiger partial charge < -0.3 is 19.7 Å². The first-order valence-corrected chi connectivity index (χ1v) is 11.5. The van der Waals surface area contributed by atoms with Crippen molar-refractivity contribution in [1.29, 1.82) is 0 Å². The summed E-state index contributed by atoms with van der Waals surface area (Å²) in [5, 5.41) is 3.23. The molecule has 0 aromatic heterocycles. The lowest BCUT2D eigenvalue weighted by Gasteiger charge is -2.28. The van der Waals surface area contributed by atoms with E-state index in [4.69, 9.17) is 9.47 Å². The molecule has 0 saturated carbocycles. The van der Waals surface area contributed by atoms with E-state index < -0.39 is 0 Å². The van der Waals surface area contributed by atoms with Crippen LogP contribution in [0.3, 0.4) is 0 Å². The fourth-order valence-corrected chi connectivity index (χ4v) is 4.43. The van der Waals surface area contributed by atoms with Crippen molar-refractivity contribution in [2.75, 3.05) is 44.1 Å². The molecule has 33 heavy (non-hydrogen) atoms. The molecule has 0 atom stereocenters. The number of benzene rings is 2. The average Bonchev–Trinajstić information content (AvgIpc) is 3.09. The van der Waals surface area contributed by atoms with E-state index in [9.17, 15) is 9.59 Å². The van der Waals surface area contributed by atoms with Crippen LogP contribution in [-0.2, 0) is 9.59 Å². The summed E-state index contributed by atoms with van der Waals surface area (Å²) in [7, 11) is 3.11. The Morgan fingerprint density at radius 2 is 1.58 bits per heavy atom. The molecule has 0 bridgehead atoms. The summed E-state index contributed by atoms with van der Waals surface area (Å²) in [5.41, 5.74) is 3.18. The highest BCUT2D eigenvalue weighted by Crippen LogP contribution is 2.36. The van der Waals surface area contributed by atoms with Crippen molar-refractivity contribution in [3.8, 4) is 11.5 Å². The molecular formula is C26H31N3O4. The Hall–Kier alpha value is -3.48. The van der Waals surface area contributed by atoms with Gasteiger partial charge in [-0.25, -0.2) is 0 Å². The number of nitrogens with one attached hydrogen (secondary N) is 1. The lowest BCUT2D eigenvalue weighted by Crippen LogP contribution is -2.33. The van der Waals surface area contributed by atoms with Gasteiger partial charge in [-0.05, 0) is 67.6 Å². The Labute approximate surface area is 195 Å². The molecule has 2 heterocycles. The zero-order valence-electron chi connectivity index (χ0n) is 19.5. The lowest BCUT2D eigenvalue weighted by atomic mass is 10.0. The van der Waals surface area contributed by atoms with Crippen molar-refractivity contribution in [3.63, 3.8) is 0 Å². The molecule has 2 amide bonds. The van der Waals surface area contributed by atoms with Crippen LogP contribution in [0.1, 0.15) is 38.2 Å². The largest absolute Gasteiger partial charge is 0.493 e. The molecule has 7 nitrogen and oxygen atoms in total. The van der Waals surface area contributed by atoms with E-state index in [2.05, 4.69) is 22.3 Å². The molecular weight excluding hydrogens is 418 g/mol. The molecule has 2 aliphatic heterocycles. The smallest absolute Gasteiger partial charge is 0.278 e. The third-order valence-corrected chi connectivity index (χ3v) is 6.15. The number of rotatable bonds is 8. The third-order valence-electron chi connectivity index (χ3n) is 6.15. The van der Waals surface area contributed by atoms with Crippen LogP contribution < -0.4 is 19.7 Å². The number of methoxy groups -OCH3 is 2. The van der Waals surface area contributed by atoms with Gasteiger partial charge in [-0.1, -0.05) is 13.0 Å². The number of hydrogen-bond donors (Lipinski definition) is 1. The zero-order valence-corrected chi connectivity index (χ0v) is 19.5. The van der Waals surface area contributed by atoms with Crippen LogP contribution in [0.4, 0.5) is 11.4 Å². The summed E-state index contributed by atoms with van der Waals surface area (Å²) in [5.74, 6) is 0.446. The van der Waals surface area contributed by atoms with Crippen LogP contribution in [-0.4, -0.2) is 50.6 Å². The van der Waals surface area contributed by atoms with Crippen molar-refractivity contribution < 1.29 is 19.1 Å². The molecule has 0 aliphatic carbocycles. The number of carbonyl (C=O) groups is 2. The highest BCUT2D eigenvalue weighted by molar-refractivity contribution is 6.36. The SMILES string of the molecule is CCCN1C(=O)C(Nc2ccc(N3CCCCC3)cc2)=C(c2ccc(OC)c(OC)c2)C1=O. The highest BCUT2D eigenvalue weighted by atomic mass is 16.5. The minimum Gasteiger partial charge on any atom is -0.493 e. The quantitative estimate of drug-likeness (QED) is 0.606. The fourth-order valence-electron chi connectivity index (χ4n) is 4.43. The molecule has 2 aliphatic rings. The van der Waals surface area contributed by atoms with Crippen LogP contribution in [0.15, 0.2) is 48.2 Å². The van der Waals surface area contributed by atoms with Gasteiger partial charge >= 0.3 is 0 Å². The topological polar surface area (TPSA) is 71.1 Å². The van der Waals surface area contributed by atoms with Gasteiger partial charge in [-0.3, -0.25) is 14.5 Å². The highest BCUT2D eigenvalue weighted by Gasteiger charge is 2.39. The van der Waals surface area contributed by atoms with Crippen molar-refractivity contribution in [1.82, 2.24) is 4.90 Å². The number of nitrogens with zero attached hydrogens (tertiary/aromatic N) is 2. The maximum atomic E-state index is 13.3. The Morgan fingerprint density at radius 3 is 2.21 bits per heavy atom. The first-order chi connectivity index (χ1) is 16.1. The van der Waals surface area contributed by atoms with E-state index in [-0.39, 0.29) is 17.5 Å².